The first-order valence-corrected chi connectivity index (χ1v) is 11.8. The summed E-state index contributed by atoms with van der Waals surface area (Å²) >= 11 is 0. The Hall–Kier alpha value is -3.49. The summed E-state index contributed by atoms with van der Waals surface area (Å²) in [7, 11) is -0.703. The van der Waals surface area contributed by atoms with Gasteiger partial charge in [-0.05, 0) is 68.3 Å². The van der Waals surface area contributed by atoms with Crippen LogP contribution in [0, 0.1) is 20.8 Å². The molecule has 0 fully saturated rings. The van der Waals surface area contributed by atoms with Crippen LogP contribution in [0.2, 0.25) is 0 Å². The molecule has 2 aromatic heterocycles. The van der Waals surface area contributed by atoms with Gasteiger partial charge in [0.05, 0.1) is 16.0 Å². The minimum atomic E-state index is -3.65. The fraction of sp³-hybridized carbons (Fsp3) is 0.200. The van der Waals surface area contributed by atoms with E-state index in [1.54, 1.807) is 12.1 Å². The number of nitrogens with zero attached hydrogens (tertiary/aromatic N) is 2. The van der Waals surface area contributed by atoms with E-state index in [2.05, 4.69) is 10.3 Å². The number of furan rings is 1. The number of carbonyl (C=O) groups excluding carboxylic acids is 1. The summed E-state index contributed by atoms with van der Waals surface area (Å²) in [6.45, 7) is 5.51. The average molecular weight is 464 g/mol. The van der Waals surface area contributed by atoms with Crippen molar-refractivity contribution in [2.45, 2.75) is 25.7 Å². The highest BCUT2D eigenvalue weighted by Crippen LogP contribution is 2.29. The van der Waals surface area contributed by atoms with Crippen molar-refractivity contribution >= 4 is 32.5 Å². The Morgan fingerprint density at radius 2 is 1.73 bits per heavy atom. The number of aryl methyl sites for hydroxylation is 2. The number of para-hydroxylation sites is 1. The van der Waals surface area contributed by atoms with Crippen LogP contribution in [0.1, 0.15) is 27.2 Å². The number of sulfonamides is 1. The lowest BCUT2D eigenvalue weighted by molar-refractivity contribution is 0.102. The number of hydrogen-bond donors (Lipinski definition) is 1. The molecule has 2 aromatic carbocycles. The van der Waals surface area contributed by atoms with Gasteiger partial charge >= 0.3 is 0 Å². The van der Waals surface area contributed by atoms with Crippen molar-refractivity contribution in [2.24, 2.45) is 0 Å². The van der Waals surface area contributed by atoms with Gasteiger partial charge in [0.25, 0.3) is 5.91 Å². The highest BCUT2D eigenvalue weighted by molar-refractivity contribution is 7.89. The molecule has 0 saturated carbocycles. The maximum absolute atomic E-state index is 13.4. The first-order valence-electron chi connectivity index (χ1n) is 10.4. The summed E-state index contributed by atoms with van der Waals surface area (Å²) in [5.41, 5.74) is 3.62. The second-order valence-corrected chi connectivity index (χ2v) is 10.3. The summed E-state index contributed by atoms with van der Waals surface area (Å²) in [6.07, 6.45) is 0. The molecule has 0 atom stereocenters. The van der Waals surface area contributed by atoms with E-state index in [0.29, 0.717) is 33.6 Å². The molecule has 8 heteroatoms. The highest BCUT2D eigenvalue weighted by atomic mass is 32.2. The topological polar surface area (TPSA) is 92.5 Å². The summed E-state index contributed by atoms with van der Waals surface area (Å²) in [5, 5.41) is 3.60. The molecule has 0 bridgehead atoms. The lowest BCUT2D eigenvalue weighted by atomic mass is 10.0. The van der Waals surface area contributed by atoms with E-state index in [1.165, 1.54) is 20.2 Å². The van der Waals surface area contributed by atoms with Gasteiger partial charge in [-0.25, -0.2) is 17.7 Å². The van der Waals surface area contributed by atoms with Crippen molar-refractivity contribution in [3.05, 3.63) is 77.0 Å². The molecule has 2 heterocycles. The monoisotopic (exact) mass is 463 g/mol. The fourth-order valence-electron chi connectivity index (χ4n) is 3.57. The first-order chi connectivity index (χ1) is 15.6. The molecule has 0 aliphatic carbocycles. The maximum Gasteiger partial charge on any atom is 0.256 e. The third-order valence-corrected chi connectivity index (χ3v) is 7.41. The molecule has 0 saturated heterocycles. The number of aromatic nitrogens is 1. The van der Waals surface area contributed by atoms with Crippen LogP contribution in [0.15, 0.2) is 63.9 Å². The van der Waals surface area contributed by atoms with Crippen molar-refractivity contribution in [2.75, 3.05) is 19.4 Å². The fourth-order valence-corrected chi connectivity index (χ4v) is 4.58. The smallest absolute Gasteiger partial charge is 0.256 e. The zero-order valence-corrected chi connectivity index (χ0v) is 19.9. The van der Waals surface area contributed by atoms with Crippen molar-refractivity contribution in [1.29, 1.82) is 0 Å². The molecule has 170 valence electrons. The van der Waals surface area contributed by atoms with Crippen LogP contribution in [-0.4, -0.2) is 37.7 Å². The van der Waals surface area contributed by atoms with Crippen LogP contribution in [-0.2, 0) is 10.0 Å². The standard InChI is InChI=1S/C25H25N3O4S/c1-15-12-18(33(30,31)28(4)5)13-22(17(15)3)27-25(29)20-14-23(24-11-10-16(2)32-24)26-21-9-7-6-8-19(20)21/h6-14H,1-5H3,(H,27,29). The number of pyridine rings is 1. The Kier molecular flexibility index (Phi) is 5.82. The van der Waals surface area contributed by atoms with Gasteiger partial charge in [-0.3, -0.25) is 4.79 Å². The second kappa shape index (κ2) is 8.46. The Labute approximate surface area is 193 Å². The lowest BCUT2D eigenvalue weighted by Gasteiger charge is -2.17. The van der Waals surface area contributed by atoms with Gasteiger partial charge in [-0.15, -0.1) is 0 Å². The highest BCUT2D eigenvalue weighted by Gasteiger charge is 2.21. The van der Waals surface area contributed by atoms with Gasteiger partial charge in [-0.1, -0.05) is 18.2 Å². The zero-order valence-electron chi connectivity index (χ0n) is 19.1. The van der Waals surface area contributed by atoms with Gasteiger partial charge in [-0.2, -0.15) is 0 Å². The molecule has 0 radical (unpaired) electrons. The van der Waals surface area contributed by atoms with E-state index in [4.69, 9.17) is 4.42 Å². The Balaban J connectivity index is 1.81. The van der Waals surface area contributed by atoms with Gasteiger partial charge < -0.3 is 9.73 Å². The molecule has 1 N–H and O–H groups in total. The predicted molar refractivity (Wildman–Crippen MR) is 129 cm³/mol. The van der Waals surface area contributed by atoms with Crippen molar-refractivity contribution < 1.29 is 17.6 Å². The molecule has 0 spiro atoms. The van der Waals surface area contributed by atoms with Gasteiger partial charge in [0.15, 0.2) is 5.76 Å². The molecule has 0 unspecified atom stereocenters. The van der Waals surface area contributed by atoms with E-state index in [-0.39, 0.29) is 10.8 Å². The quantitative estimate of drug-likeness (QED) is 0.453. The number of amides is 1. The molecule has 33 heavy (non-hydrogen) atoms. The van der Waals surface area contributed by atoms with Crippen molar-refractivity contribution in [1.82, 2.24) is 9.29 Å². The average Bonchev–Trinajstić information content (AvgIpc) is 3.22. The van der Waals surface area contributed by atoms with E-state index < -0.39 is 10.0 Å². The van der Waals surface area contributed by atoms with E-state index in [9.17, 15) is 13.2 Å². The SMILES string of the molecule is Cc1ccc(-c2cc(C(=O)Nc3cc(S(=O)(=O)N(C)C)cc(C)c3C)c3ccccc3n2)o1. The molecule has 1 amide bonds. The number of carbonyl (C=O) groups is 1. The summed E-state index contributed by atoms with van der Waals surface area (Å²) in [6, 6.07) is 15.8. The number of rotatable bonds is 5. The molecule has 0 aliphatic heterocycles. The molecular formula is C25H25N3O4S. The van der Waals surface area contributed by atoms with Crippen LogP contribution in [0.3, 0.4) is 0 Å². The first kappa shape index (κ1) is 22.7. The summed E-state index contributed by atoms with van der Waals surface area (Å²) in [5.74, 6) is 0.953. The number of anilines is 1. The number of hydrogen-bond acceptors (Lipinski definition) is 5. The Morgan fingerprint density at radius 3 is 2.39 bits per heavy atom. The second-order valence-electron chi connectivity index (χ2n) is 8.14. The Bertz CT molecular complexity index is 1490. The number of nitrogens with one attached hydrogen (secondary N) is 1. The number of benzene rings is 2. The van der Waals surface area contributed by atoms with Crippen molar-refractivity contribution in [3.63, 3.8) is 0 Å². The summed E-state index contributed by atoms with van der Waals surface area (Å²) < 4.78 is 32.2. The normalized spacial score (nSPS) is 11.8. The molecule has 4 rings (SSSR count). The summed E-state index contributed by atoms with van der Waals surface area (Å²) in [4.78, 5) is 18.2. The van der Waals surface area contributed by atoms with E-state index >= 15 is 0 Å². The van der Waals surface area contributed by atoms with E-state index in [1.807, 2.05) is 57.2 Å². The third kappa shape index (κ3) is 4.27. The third-order valence-electron chi connectivity index (χ3n) is 5.62. The van der Waals surface area contributed by atoms with Gasteiger partial charge in [0, 0.05) is 25.2 Å². The maximum atomic E-state index is 13.4. The number of fused-ring (bicyclic) bond motifs is 1. The molecular weight excluding hydrogens is 438 g/mol. The van der Waals surface area contributed by atoms with Crippen LogP contribution in [0.25, 0.3) is 22.4 Å². The van der Waals surface area contributed by atoms with Gasteiger partial charge in [0.1, 0.15) is 11.5 Å². The minimum absolute atomic E-state index is 0.122. The van der Waals surface area contributed by atoms with Crippen LogP contribution in [0.4, 0.5) is 5.69 Å². The lowest BCUT2D eigenvalue weighted by Crippen LogP contribution is -2.23. The van der Waals surface area contributed by atoms with Crippen molar-refractivity contribution in [3.8, 4) is 11.5 Å². The van der Waals surface area contributed by atoms with E-state index in [0.717, 1.165) is 21.2 Å². The van der Waals surface area contributed by atoms with Crippen LogP contribution in [0.5, 0.6) is 0 Å². The molecule has 4 aromatic rings. The molecule has 0 aliphatic rings. The molecule has 7 nitrogen and oxygen atoms in total. The van der Waals surface area contributed by atoms with Crippen LogP contribution >= 0.6 is 0 Å². The predicted octanol–water partition coefficient (Wildman–Crippen LogP) is 4.92. The largest absolute Gasteiger partial charge is 0.460 e. The zero-order chi connectivity index (χ0) is 23.9. The van der Waals surface area contributed by atoms with Gasteiger partial charge in [0.2, 0.25) is 10.0 Å². The minimum Gasteiger partial charge on any atom is -0.460 e. The van der Waals surface area contributed by atoms with Crippen LogP contribution < -0.4 is 5.32 Å². The Morgan fingerprint density at radius 1 is 1.00 bits per heavy atom.